The molecular weight excluding hydrogens is 252 g/mol. The van der Waals surface area contributed by atoms with Gasteiger partial charge in [-0.15, -0.1) is 0 Å². The van der Waals surface area contributed by atoms with Crippen LogP contribution >= 0.6 is 0 Å². The summed E-state index contributed by atoms with van der Waals surface area (Å²) in [5.41, 5.74) is 1.51. The number of carbonyl (C=O) groups is 1. The lowest BCUT2D eigenvalue weighted by Gasteiger charge is -2.15. The van der Waals surface area contributed by atoms with Crippen molar-refractivity contribution in [3.05, 3.63) is 65.6 Å². The summed E-state index contributed by atoms with van der Waals surface area (Å²) < 4.78 is 5.12. The first-order valence-electron chi connectivity index (χ1n) is 6.15. The van der Waals surface area contributed by atoms with E-state index in [1.807, 2.05) is 12.1 Å². The third-order valence-electron chi connectivity index (χ3n) is 2.79. The summed E-state index contributed by atoms with van der Waals surface area (Å²) in [7, 11) is 1.72. The lowest BCUT2D eigenvalue weighted by atomic mass is 10.1. The van der Waals surface area contributed by atoms with E-state index in [4.69, 9.17) is 9.68 Å². The number of hydrogen-bond donors (Lipinski definition) is 0. The van der Waals surface area contributed by atoms with Crippen LogP contribution in [0.3, 0.4) is 0 Å². The zero-order chi connectivity index (χ0) is 14.4. The lowest BCUT2D eigenvalue weighted by molar-refractivity contribution is -0.125. The molecule has 0 saturated heterocycles. The van der Waals surface area contributed by atoms with Gasteiger partial charge < -0.3 is 9.32 Å². The Morgan fingerprint density at radius 1 is 1.40 bits per heavy atom. The molecule has 100 valence electrons. The number of benzene rings is 1. The number of nitrogens with zero attached hydrogens (tertiary/aromatic N) is 2. The summed E-state index contributed by atoms with van der Waals surface area (Å²) >= 11 is 0. The summed E-state index contributed by atoms with van der Waals surface area (Å²) in [5.74, 6) is 0.516. The molecule has 1 aromatic carbocycles. The Morgan fingerprint density at radius 2 is 2.25 bits per heavy atom. The highest BCUT2D eigenvalue weighted by atomic mass is 16.3. The molecule has 0 saturated carbocycles. The van der Waals surface area contributed by atoms with Gasteiger partial charge >= 0.3 is 0 Å². The highest BCUT2D eigenvalue weighted by molar-refractivity contribution is 5.91. The zero-order valence-corrected chi connectivity index (χ0v) is 11.1. The van der Waals surface area contributed by atoms with Gasteiger partial charge in [-0.1, -0.05) is 12.1 Å². The molecule has 0 spiro atoms. The molecule has 20 heavy (non-hydrogen) atoms. The molecule has 0 aliphatic carbocycles. The molecule has 4 heteroatoms. The summed E-state index contributed by atoms with van der Waals surface area (Å²) in [4.78, 5) is 13.5. The molecule has 0 atom stereocenters. The van der Waals surface area contributed by atoms with Crippen molar-refractivity contribution in [2.75, 3.05) is 7.05 Å². The molecule has 0 fully saturated rings. The van der Waals surface area contributed by atoms with E-state index in [1.165, 1.54) is 6.08 Å². The molecule has 2 rings (SSSR count). The first-order valence-corrected chi connectivity index (χ1v) is 6.15. The average molecular weight is 266 g/mol. The average Bonchev–Trinajstić information content (AvgIpc) is 2.98. The minimum Gasteiger partial charge on any atom is -0.465 e. The van der Waals surface area contributed by atoms with Crippen molar-refractivity contribution < 1.29 is 9.21 Å². The van der Waals surface area contributed by atoms with Gasteiger partial charge in [0, 0.05) is 19.7 Å². The number of hydrogen-bond acceptors (Lipinski definition) is 3. The van der Waals surface area contributed by atoms with E-state index in [9.17, 15) is 4.79 Å². The second kappa shape index (κ2) is 6.39. The maximum atomic E-state index is 11.9. The number of nitriles is 1. The summed E-state index contributed by atoms with van der Waals surface area (Å²) in [5, 5.41) is 8.84. The van der Waals surface area contributed by atoms with E-state index in [0.29, 0.717) is 17.9 Å². The van der Waals surface area contributed by atoms with Gasteiger partial charge in [-0.2, -0.15) is 5.26 Å². The lowest BCUT2D eigenvalue weighted by Crippen LogP contribution is -2.24. The molecule has 0 aliphatic rings. The van der Waals surface area contributed by atoms with Crippen LogP contribution in [0.1, 0.15) is 16.9 Å². The number of rotatable bonds is 4. The Balaban J connectivity index is 1.99. The molecule has 0 N–H and O–H groups in total. The van der Waals surface area contributed by atoms with E-state index in [2.05, 4.69) is 6.07 Å². The maximum Gasteiger partial charge on any atom is 0.246 e. The van der Waals surface area contributed by atoms with Crippen LogP contribution in [-0.2, 0) is 11.3 Å². The number of furan rings is 1. The van der Waals surface area contributed by atoms with Crippen LogP contribution < -0.4 is 0 Å². The molecule has 4 nitrogen and oxygen atoms in total. The van der Waals surface area contributed by atoms with Crippen LogP contribution in [0, 0.1) is 11.3 Å². The third-order valence-corrected chi connectivity index (χ3v) is 2.79. The molecule has 0 unspecified atom stereocenters. The van der Waals surface area contributed by atoms with Gasteiger partial charge in [0.25, 0.3) is 0 Å². The van der Waals surface area contributed by atoms with Crippen LogP contribution in [0.15, 0.2) is 53.2 Å². The summed E-state index contributed by atoms with van der Waals surface area (Å²) in [6, 6.07) is 12.8. The fourth-order valence-corrected chi connectivity index (χ4v) is 1.76. The molecule has 0 bridgehead atoms. The van der Waals surface area contributed by atoms with Crippen molar-refractivity contribution in [1.29, 1.82) is 5.26 Å². The number of likely N-dealkylation sites (N-methyl/N-ethyl adjacent to an activating group) is 1. The van der Waals surface area contributed by atoms with Gasteiger partial charge in [0.15, 0.2) is 0 Å². The van der Waals surface area contributed by atoms with Crippen LogP contribution in [0.4, 0.5) is 0 Å². The molecule has 1 aromatic heterocycles. The molecule has 1 amide bonds. The molecular formula is C16H14N2O2. The van der Waals surface area contributed by atoms with Crippen LogP contribution in [-0.4, -0.2) is 17.9 Å². The maximum absolute atomic E-state index is 11.9. The van der Waals surface area contributed by atoms with Gasteiger partial charge in [-0.25, -0.2) is 0 Å². The SMILES string of the molecule is CN(Cc1cccc(C#N)c1)C(=O)/C=C/c1ccco1. The topological polar surface area (TPSA) is 57.2 Å². The predicted octanol–water partition coefficient (Wildman–Crippen LogP) is 2.82. The number of amides is 1. The van der Waals surface area contributed by atoms with Crippen LogP contribution in [0.25, 0.3) is 6.08 Å². The molecule has 1 heterocycles. The van der Waals surface area contributed by atoms with Crippen LogP contribution in [0.5, 0.6) is 0 Å². The first kappa shape index (κ1) is 13.6. The largest absolute Gasteiger partial charge is 0.465 e. The van der Waals surface area contributed by atoms with Crippen molar-refractivity contribution in [3.63, 3.8) is 0 Å². The van der Waals surface area contributed by atoms with E-state index in [-0.39, 0.29) is 5.91 Å². The highest BCUT2D eigenvalue weighted by Crippen LogP contribution is 2.08. The summed E-state index contributed by atoms with van der Waals surface area (Å²) in [6.45, 7) is 0.455. The first-order chi connectivity index (χ1) is 9.69. The van der Waals surface area contributed by atoms with Crippen molar-refractivity contribution in [2.24, 2.45) is 0 Å². The van der Waals surface area contributed by atoms with Crippen molar-refractivity contribution in [1.82, 2.24) is 4.90 Å². The zero-order valence-electron chi connectivity index (χ0n) is 11.1. The quantitative estimate of drug-likeness (QED) is 0.799. The normalized spacial score (nSPS) is 10.4. The Morgan fingerprint density at radius 3 is 2.95 bits per heavy atom. The van der Waals surface area contributed by atoms with E-state index < -0.39 is 0 Å². The van der Waals surface area contributed by atoms with Crippen LogP contribution in [0.2, 0.25) is 0 Å². The fourth-order valence-electron chi connectivity index (χ4n) is 1.76. The van der Waals surface area contributed by atoms with Gasteiger partial charge in [0.2, 0.25) is 5.91 Å². The van der Waals surface area contributed by atoms with E-state index in [1.54, 1.807) is 48.6 Å². The monoisotopic (exact) mass is 266 g/mol. The second-order valence-corrected chi connectivity index (χ2v) is 4.36. The minimum absolute atomic E-state index is 0.122. The highest BCUT2D eigenvalue weighted by Gasteiger charge is 2.06. The second-order valence-electron chi connectivity index (χ2n) is 4.36. The molecule has 2 aromatic rings. The van der Waals surface area contributed by atoms with Gasteiger partial charge in [-0.05, 0) is 35.9 Å². The molecule has 0 radical (unpaired) electrons. The van der Waals surface area contributed by atoms with Crippen molar-refractivity contribution in [2.45, 2.75) is 6.54 Å². The number of carbonyl (C=O) groups excluding carboxylic acids is 1. The van der Waals surface area contributed by atoms with Crippen molar-refractivity contribution >= 4 is 12.0 Å². The summed E-state index contributed by atoms with van der Waals surface area (Å²) in [6.07, 6.45) is 4.65. The Kier molecular flexibility index (Phi) is 4.35. The Bertz CT molecular complexity index is 651. The third kappa shape index (κ3) is 3.59. The predicted molar refractivity (Wildman–Crippen MR) is 75.4 cm³/mol. The minimum atomic E-state index is -0.122. The van der Waals surface area contributed by atoms with Gasteiger partial charge in [-0.3, -0.25) is 4.79 Å². The Hall–Kier alpha value is -2.80. The molecule has 0 aliphatic heterocycles. The van der Waals surface area contributed by atoms with Gasteiger partial charge in [0.1, 0.15) is 5.76 Å². The smallest absolute Gasteiger partial charge is 0.246 e. The Labute approximate surface area is 117 Å². The van der Waals surface area contributed by atoms with Crippen molar-refractivity contribution in [3.8, 4) is 6.07 Å². The van der Waals surface area contributed by atoms with E-state index in [0.717, 1.165) is 5.56 Å². The van der Waals surface area contributed by atoms with Gasteiger partial charge in [0.05, 0.1) is 17.9 Å². The van der Waals surface area contributed by atoms with E-state index >= 15 is 0 Å². The fraction of sp³-hybridized carbons (Fsp3) is 0.125. The standard InChI is InChI=1S/C16H14N2O2/c1-18(12-14-5-2-4-13(10-14)11-17)16(19)8-7-15-6-3-9-20-15/h2-10H,12H2,1H3/b8-7+.